The third kappa shape index (κ3) is 5.79. The van der Waals surface area contributed by atoms with Crippen LogP contribution in [0.4, 0.5) is 0 Å². The Hall–Kier alpha value is -2.47. The Labute approximate surface area is 183 Å². The van der Waals surface area contributed by atoms with Gasteiger partial charge >= 0.3 is 0 Å². The van der Waals surface area contributed by atoms with Gasteiger partial charge in [0.25, 0.3) is 5.91 Å². The highest BCUT2D eigenvalue weighted by molar-refractivity contribution is 6.30. The molecule has 7 heteroatoms. The second kappa shape index (κ2) is 10.0. The first-order valence-electron chi connectivity index (χ1n) is 10.5. The maximum atomic E-state index is 13.2. The predicted molar refractivity (Wildman–Crippen MR) is 117 cm³/mol. The number of amides is 2. The fraction of sp³-hybridized carbons (Fsp3) is 0.478. The number of aromatic nitrogens is 1. The lowest BCUT2D eigenvalue weighted by atomic mass is 10.2. The zero-order chi connectivity index (χ0) is 21.7. The van der Waals surface area contributed by atoms with E-state index in [0.29, 0.717) is 17.3 Å². The molecule has 0 saturated heterocycles. The average molecular weight is 432 g/mol. The van der Waals surface area contributed by atoms with Crippen LogP contribution < -0.4 is 4.74 Å². The number of hydrogen-bond acceptors (Lipinski definition) is 3. The summed E-state index contributed by atoms with van der Waals surface area (Å²) >= 11 is 5.89. The summed E-state index contributed by atoms with van der Waals surface area (Å²) in [6.07, 6.45) is 4.79. The molecule has 2 amide bonds. The summed E-state index contributed by atoms with van der Waals surface area (Å²) < 4.78 is 7.65. The van der Waals surface area contributed by atoms with Crippen LogP contribution in [0.1, 0.15) is 38.8 Å². The van der Waals surface area contributed by atoms with Gasteiger partial charge in [0, 0.05) is 36.0 Å². The largest absolute Gasteiger partial charge is 0.484 e. The highest BCUT2D eigenvalue weighted by Gasteiger charge is 2.34. The van der Waals surface area contributed by atoms with Gasteiger partial charge in [-0.1, -0.05) is 18.5 Å². The van der Waals surface area contributed by atoms with E-state index in [1.165, 1.54) is 0 Å². The predicted octanol–water partition coefficient (Wildman–Crippen LogP) is 3.88. The lowest BCUT2D eigenvalue weighted by Gasteiger charge is -2.31. The van der Waals surface area contributed by atoms with E-state index in [-0.39, 0.29) is 37.0 Å². The van der Waals surface area contributed by atoms with E-state index in [0.717, 1.165) is 25.0 Å². The number of ether oxygens (including phenoxy) is 1. The molecular formula is C23H30ClN3O3. The van der Waals surface area contributed by atoms with Crippen LogP contribution >= 0.6 is 11.6 Å². The van der Waals surface area contributed by atoms with Crippen LogP contribution in [0, 0.1) is 0 Å². The van der Waals surface area contributed by atoms with E-state index in [9.17, 15) is 9.59 Å². The Morgan fingerprint density at radius 3 is 2.47 bits per heavy atom. The van der Waals surface area contributed by atoms with E-state index in [1.54, 1.807) is 29.2 Å². The molecule has 1 saturated carbocycles. The summed E-state index contributed by atoms with van der Waals surface area (Å²) in [5, 5.41) is 0.610. The van der Waals surface area contributed by atoms with Crippen molar-refractivity contribution < 1.29 is 14.3 Å². The van der Waals surface area contributed by atoms with E-state index < -0.39 is 0 Å². The van der Waals surface area contributed by atoms with Gasteiger partial charge in [-0.3, -0.25) is 9.59 Å². The van der Waals surface area contributed by atoms with Gasteiger partial charge in [0.15, 0.2) is 6.61 Å². The van der Waals surface area contributed by atoms with Crippen molar-refractivity contribution in [1.82, 2.24) is 14.4 Å². The van der Waals surface area contributed by atoms with Crippen molar-refractivity contribution in [3.8, 4) is 5.75 Å². The first-order chi connectivity index (χ1) is 14.4. The summed E-state index contributed by atoms with van der Waals surface area (Å²) in [5.41, 5.74) is 1.09. The molecule has 3 rings (SSSR count). The van der Waals surface area contributed by atoms with Gasteiger partial charge in [-0.25, -0.2) is 0 Å². The minimum absolute atomic E-state index is 0.0150. The van der Waals surface area contributed by atoms with Crippen molar-refractivity contribution in [2.45, 2.75) is 51.7 Å². The van der Waals surface area contributed by atoms with Gasteiger partial charge in [-0.15, -0.1) is 0 Å². The van der Waals surface area contributed by atoms with Gasteiger partial charge in [0.05, 0.1) is 6.54 Å². The number of benzene rings is 1. The van der Waals surface area contributed by atoms with Crippen molar-refractivity contribution in [2.24, 2.45) is 7.05 Å². The normalized spacial score (nSPS) is 14.3. The topological polar surface area (TPSA) is 54.8 Å². The summed E-state index contributed by atoms with van der Waals surface area (Å²) in [6, 6.07) is 11.1. The van der Waals surface area contributed by atoms with Gasteiger partial charge in [0.2, 0.25) is 5.91 Å². The standard InChI is InChI=1S/C23H30ClN3O3/c1-4-17(2)26(23(29)16-30-21-11-7-18(24)8-12-21)15-22(28)27(19-9-10-19)14-20-6-5-13-25(20)3/h5-8,11-13,17,19H,4,9-10,14-16H2,1-3H3. The van der Waals surface area contributed by atoms with Crippen molar-refractivity contribution in [3.05, 3.63) is 53.3 Å². The number of nitrogens with zero attached hydrogens (tertiary/aromatic N) is 3. The van der Waals surface area contributed by atoms with Gasteiger partial charge in [0.1, 0.15) is 12.3 Å². The fourth-order valence-electron chi connectivity index (χ4n) is 3.35. The Bertz CT molecular complexity index is 861. The number of halogens is 1. The maximum Gasteiger partial charge on any atom is 0.261 e. The highest BCUT2D eigenvalue weighted by atomic mass is 35.5. The van der Waals surface area contributed by atoms with Crippen LogP contribution in [0.15, 0.2) is 42.6 Å². The lowest BCUT2D eigenvalue weighted by Crippen LogP contribution is -2.48. The third-order valence-electron chi connectivity index (χ3n) is 5.62. The molecule has 162 valence electrons. The monoisotopic (exact) mass is 431 g/mol. The van der Waals surface area contributed by atoms with Crippen molar-refractivity contribution in [3.63, 3.8) is 0 Å². The Balaban J connectivity index is 1.64. The van der Waals surface area contributed by atoms with Crippen LogP contribution in [-0.4, -0.2) is 51.4 Å². The van der Waals surface area contributed by atoms with Crippen molar-refractivity contribution in [1.29, 1.82) is 0 Å². The zero-order valence-corrected chi connectivity index (χ0v) is 18.6. The maximum absolute atomic E-state index is 13.2. The average Bonchev–Trinajstić information content (AvgIpc) is 3.50. The summed E-state index contributed by atoms with van der Waals surface area (Å²) in [6.45, 7) is 4.50. The van der Waals surface area contributed by atoms with Crippen LogP contribution in [0.5, 0.6) is 5.75 Å². The second-order valence-corrected chi connectivity index (χ2v) is 8.32. The van der Waals surface area contributed by atoms with E-state index >= 15 is 0 Å². The van der Waals surface area contributed by atoms with Gasteiger partial charge in [-0.05, 0) is 62.6 Å². The number of hydrogen-bond donors (Lipinski definition) is 0. The molecule has 1 aromatic heterocycles. The third-order valence-corrected chi connectivity index (χ3v) is 5.87. The highest BCUT2D eigenvalue weighted by Crippen LogP contribution is 2.29. The molecule has 0 spiro atoms. The Morgan fingerprint density at radius 1 is 1.20 bits per heavy atom. The fourth-order valence-corrected chi connectivity index (χ4v) is 3.47. The molecule has 1 aliphatic rings. The zero-order valence-electron chi connectivity index (χ0n) is 17.9. The molecule has 1 fully saturated rings. The quantitative estimate of drug-likeness (QED) is 0.573. The Morgan fingerprint density at radius 2 is 1.90 bits per heavy atom. The number of rotatable bonds is 10. The first-order valence-corrected chi connectivity index (χ1v) is 10.8. The molecule has 0 radical (unpaired) electrons. The molecule has 0 N–H and O–H groups in total. The molecule has 1 atom stereocenters. The molecular weight excluding hydrogens is 402 g/mol. The molecule has 1 heterocycles. The number of carbonyl (C=O) groups excluding carboxylic acids is 2. The molecule has 1 unspecified atom stereocenters. The molecule has 30 heavy (non-hydrogen) atoms. The van der Waals surface area contributed by atoms with E-state index in [4.69, 9.17) is 16.3 Å². The Kier molecular flexibility index (Phi) is 7.43. The first kappa shape index (κ1) is 22.2. The summed E-state index contributed by atoms with van der Waals surface area (Å²) in [4.78, 5) is 29.6. The van der Waals surface area contributed by atoms with Crippen LogP contribution in [-0.2, 0) is 23.2 Å². The van der Waals surface area contributed by atoms with Gasteiger partial charge in [-0.2, -0.15) is 0 Å². The molecule has 0 bridgehead atoms. The molecule has 2 aromatic rings. The van der Waals surface area contributed by atoms with Crippen molar-refractivity contribution >= 4 is 23.4 Å². The van der Waals surface area contributed by atoms with Gasteiger partial charge < -0.3 is 19.1 Å². The number of aryl methyl sites for hydroxylation is 1. The number of carbonyl (C=O) groups is 2. The molecule has 1 aliphatic carbocycles. The minimum Gasteiger partial charge on any atom is -0.484 e. The SMILES string of the molecule is CCC(C)N(CC(=O)N(Cc1cccn1C)C1CC1)C(=O)COc1ccc(Cl)cc1. The summed E-state index contributed by atoms with van der Waals surface area (Å²) in [5.74, 6) is 0.368. The second-order valence-electron chi connectivity index (χ2n) is 7.88. The lowest BCUT2D eigenvalue weighted by molar-refractivity contribution is -0.144. The molecule has 6 nitrogen and oxygen atoms in total. The van der Waals surface area contributed by atoms with E-state index in [1.807, 2.05) is 48.7 Å². The summed E-state index contributed by atoms with van der Waals surface area (Å²) in [7, 11) is 1.98. The minimum atomic E-state index is -0.192. The molecule has 1 aromatic carbocycles. The van der Waals surface area contributed by atoms with Crippen LogP contribution in [0.3, 0.4) is 0 Å². The van der Waals surface area contributed by atoms with Crippen molar-refractivity contribution in [2.75, 3.05) is 13.2 Å². The van der Waals surface area contributed by atoms with E-state index in [2.05, 4.69) is 0 Å². The van der Waals surface area contributed by atoms with Crippen LogP contribution in [0.25, 0.3) is 0 Å². The molecule has 0 aliphatic heterocycles. The van der Waals surface area contributed by atoms with Crippen LogP contribution in [0.2, 0.25) is 5.02 Å². The smallest absolute Gasteiger partial charge is 0.261 e.